The number of nitrogens with zero attached hydrogens (tertiary/aromatic N) is 3. The molecule has 1 N–H and O–H groups in total. The number of carboxylic acid groups (broad SMARTS) is 1. The summed E-state index contributed by atoms with van der Waals surface area (Å²) in [5.74, 6) is 0.0695. The Morgan fingerprint density at radius 2 is 1.38 bits per heavy atom. The van der Waals surface area contributed by atoms with Gasteiger partial charge in [-0.05, 0) is 53.6 Å². The quantitative estimate of drug-likeness (QED) is 0.254. The Morgan fingerprint density at radius 1 is 0.825 bits per heavy atom. The summed E-state index contributed by atoms with van der Waals surface area (Å²) < 4.78 is 42.2. The smallest absolute Gasteiger partial charge is 0.357 e. The zero-order chi connectivity index (χ0) is 28.3. The van der Waals surface area contributed by atoms with Crippen LogP contribution in [-0.2, 0) is 23.1 Å². The number of fused-ring (bicyclic) bond motifs is 1. The highest BCUT2D eigenvalue weighted by molar-refractivity contribution is 7.89. The van der Waals surface area contributed by atoms with Gasteiger partial charge in [0.15, 0.2) is 5.69 Å². The molecule has 0 aliphatic rings. The summed E-state index contributed by atoms with van der Waals surface area (Å²) in [4.78, 5) is 12.2. The molecule has 0 saturated carbocycles. The van der Waals surface area contributed by atoms with E-state index in [4.69, 9.17) is 9.47 Å². The fourth-order valence-corrected chi connectivity index (χ4v) is 6.16. The molecular weight excluding hydrogens is 530 g/mol. The number of pyridine rings is 1. The number of benzene rings is 3. The van der Waals surface area contributed by atoms with Crippen molar-refractivity contribution in [3.8, 4) is 22.6 Å². The van der Waals surface area contributed by atoms with Crippen molar-refractivity contribution in [3.05, 3.63) is 114 Å². The van der Waals surface area contributed by atoms with E-state index >= 15 is 0 Å². The normalized spacial score (nSPS) is 11.6. The van der Waals surface area contributed by atoms with Gasteiger partial charge < -0.3 is 14.6 Å². The van der Waals surface area contributed by atoms with Crippen LogP contribution in [0.1, 0.15) is 21.6 Å². The maximum atomic E-state index is 14.4. The average Bonchev–Trinajstić information content (AvgIpc) is 3.37. The topological polar surface area (TPSA) is 110 Å². The minimum Gasteiger partial charge on any atom is -0.497 e. The number of aromatic nitrogens is 2. The standard InChI is InChI=1S/C30H27N3O6S/c1-38-23-14-10-21(11-15-23)19-32(20-22-12-16-24(39-2)17-13-22)40(36,37)27-9-4-3-7-25(27)28-26-8-5-6-18-33(26)31-29(28)30(34)35/h3-18H,19-20H2,1-2H3,(H,34,35). The van der Waals surface area contributed by atoms with E-state index in [-0.39, 0.29) is 34.8 Å². The summed E-state index contributed by atoms with van der Waals surface area (Å²) in [6.45, 7) is 0.153. The Hall–Kier alpha value is -4.67. The van der Waals surface area contributed by atoms with E-state index in [9.17, 15) is 18.3 Å². The number of sulfonamides is 1. The molecule has 0 unspecified atom stereocenters. The van der Waals surface area contributed by atoms with Crippen molar-refractivity contribution < 1.29 is 27.8 Å². The number of ether oxygens (including phenoxy) is 2. The molecule has 2 aromatic heterocycles. The lowest BCUT2D eigenvalue weighted by atomic mass is 10.0. The largest absolute Gasteiger partial charge is 0.497 e. The molecule has 0 aliphatic heterocycles. The number of rotatable bonds is 10. The van der Waals surface area contributed by atoms with E-state index in [0.29, 0.717) is 17.0 Å². The lowest BCUT2D eigenvalue weighted by Gasteiger charge is -2.24. The van der Waals surface area contributed by atoms with Crippen LogP contribution in [0, 0.1) is 0 Å². The van der Waals surface area contributed by atoms with Crippen molar-refractivity contribution in [2.75, 3.05) is 14.2 Å². The Kier molecular flexibility index (Phi) is 7.54. The first-order valence-electron chi connectivity index (χ1n) is 12.4. The van der Waals surface area contributed by atoms with E-state index in [0.717, 1.165) is 11.1 Å². The second-order valence-electron chi connectivity index (χ2n) is 9.02. The minimum atomic E-state index is -4.16. The molecule has 0 fully saturated rings. The third-order valence-corrected chi connectivity index (χ3v) is 8.40. The van der Waals surface area contributed by atoms with Crippen LogP contribution in [0.3, 0.4) is 0 Å². The predicted molar refractivity (Wildman–Crippen MR) is 150 cm³/mol. The van der Waals surface area contributed by atoms with E-state index < -0.39 is 16.0 Å². The maximum absolute atomic E-state index is 14.4. The number of hydrogen-bond donors (Lipinski definition) is 1. The Morgan fingerprint density at radius 3 is 1.93 bits per heavy atom. The Balaban J connectivity index is 1.64. The fourth-order valence-electron chi connectivity index (χ4n) is 4.55. The highest BCUT2D eigenvalue weighted by atomic mass is 32.2. The number of aromatic carboxylic acids is 1. The monoisotopic (exact) mass is 557 g/mol. The van der Waals surface area contributed by atoms with Crippen LogP contribution in [0.25, 0.3) is 16.6 Å². The van der Waals surface area contributed by atoms with Crippen molar-refractivity contribution in [3.63, 3.8) is 0 Å². The van der Waals surface area contributed by atoms with Crippen LogP contribution < -0.4 is 9.47 Å². The van der Waals surface area contributed by atoms with Crippen LogP contribution in [0.4, 0.5) is 0 Å². The SMILES string of the molecule is COc1ccc(CN(Cc2ccc(OC)cc2)S(=O)(=O)c2ccccc2-c2c(C(=O)O)nn3ccccc23)cc1. The predicted octanol–water partition coefficient (Wildman–Crippen LogP) is 5.11. The van der Waals surface area contributed by atoms with Gasteiger partial charge in [-0.2, -0.15) is 9.40 Å². The van der Waals surface area contributed by atoms with Gasteiger partial charge in [0.05, 0.1) is 24.6 Å². The lowest BCUT2D eigenvalue weighted by molar-refractivity contribution is 0.0691. The molecule has 5 aromatic rings. The third-order valence-electron chi connectivity index (χ3n) is 6.55. The van der Waals surface area contributed by atoms with Crippen LogP contribution >= 0.6 is 0 Å². The van der Waals surface area contributed by atoms with Crippen molar-refractivity contribution in [1.29, 1.82) is 0 Å². The highest BCUT2D eigenvalue weighted by Gasteiger charge is 2.31. The molecule has 10 heteroatoms. The summed E-state index contributed by atoms with van der Waals surface area (Å²) in [6, 6.07) is 26.0. The zero-order valence-corrected chi connectivity index (χ0v) is 22.7. The molecule has 0 atom stereocenters. The molecule has 2 heterocycles. The van der Waals surface area contributed by atoms with Crippen molar-refractivity contribution in [1.82, 2.24) is 13.9 Å². The molecule has 0 saturated heterocycles. The summed E-state index contributed by atoms with van der Waals surface area (Å²) in [6.07, 6.45) is 1.63. The van der Waals surface area contributed by atoms with Crippen molar-refractivity contribution >= 4 is 21.5 Å². The number of methoxy groups -OCH3 is 2. The number of carboxylic acids is 1. The lowest BCUT2D eigenvalue weighted by Crippen LogP contribution is -2.30. The van der Waals surface area contributed by atoms with Crippen molar-refractivity contribution in [2.24, 2.45) is 0 Å². The Bertz CT molecular complexity index is 1710. The molecule has 0 bridgehead atoms. The molecule has 5 rings (SSSR count). The van der Waals surface area contributed by atoms with Crippen molar-refractivity contribution in [2.45, 2.75) is 18.0 Å². The molecule has 3 aromatic carbocycles. The molecule has 9 nitrogen and oxygen atoms in total. The summed E-state index contributed by atoms with van der Waals surface area (Å²) in [5, 5.41) is 14.2. The van der Waals surface area contributed by atoms with E-state index in [1.165, 1.54) is 14.9 Å². The van der Waals surface area contributed by atoms with Crippen LogP contribution in [-0.4, -0.2) is 47.6 Å². The summed E-state index contributed by atoms with van der Waals surface area (Å²) in [7, 11) is -1.02. The van der Waals surface area contributed by atoms with Gasteiger partial charge in [-0.3, -0.25) is 0 Å². The van der Waals surface area contributed by atoms with Gasteiger partial charge in [-0.25, -0.2) is 17.7 Å². The number of carbonyl (C=O) groups is 1. The molecular formula is C30H27N3O6S. The highest BCUT2D eigenvalue weighted by Crippen LogP contribution is 2.36. The molecule has 0 radical (unpaired) electrons. The second-order valence-corrected chi connectivity index (χ2v) is 10.9. The fraction of sp³-hybridized carbons (Fsp3) is 0.133. The maximum Gasteiger partial charge on any atom is 0.357 e. The van der Waals surface area contributed by atoms with Gasteiger partial charge in [0.2, 0.25) is 10.0 Å². The minimum absolute atomic E-state index is 0.0155. The molecule has 0 aliphatic carbocycles. The van der Waals surface area contributed by atoms with Gasteiger partial charge in [0.1, 0.15) is 11.5 Å². The Labute approximate surface area is 231 Å². The summed E-state index contributed by atoms with van der Waals surface area (Å²) in [5.41, 5.74) is 2.27. The van der Waals surface area contributed by atoms with Gasteiger partial charge in [-0.1, -0.05) is 48.5 Å². The molecule has 204 valence electrons. The average molecular weight is 558 g/mol. The second kappa shape index (κ2) is 11.2. The first-order chi connectivity index (χ1) is 19.3. The first kappa shape index (κ1) is 26.9. The van der Waals surface area contributed by atoms with Gasteiger partial charge in [0, 0.05) is 30.4 Å². The van der Waals surface area contributed by atoms with E-state index in [2.05, 4.69) is 5.10 Å². The van der Waals surface area contributed by atoms with Crippen LogP contribution in [0.5, 0.6) is 11.5 Å². The van der Waals surface area contributed by atoms with Gasteiger partial charge >= 0.3 is 5.97 Å². The van der Waals surface area contributed by atoms with E-state index in [1.807, 2.05) is 24.3 Å². The number of hydrogen-bond acceptors (Lipinski definition) is 6. The molecule has 0 spiro atoms. The van der Waals surface area contributed by atoms with Crippen LogP contribution in [0.15, 0.2) is 102 Å². The first-order valence-corrected chi connectivity index (χ1v) is 13.8. The van der Waals surface area contributed by atoms with Gasteiger partial charge in [-0.15, -0.1) is 0 Å². The summed E-state index contributed by atoms with van der Waals surface area (Å²) >= 11 is 0. The molecule has 40 heavy (non-hydrogen) atoms. The van der Waals surface area contributed by atoms with Gasteiger partial charge in [0.25, 0.3) is 0 Å². The van der Waals surface area contributed by atoms with E-state index in [1.54, 1.807) is 81.1 Å². The van der Waals surface area contributed by atoms with Crippen LogP contribution in [0.2, 0.25) is 0 Å². The zero-order valence-electron chi connectivity index (χ0n) is 21.9. The molecule has 0 amide bonds. The third kappa shape index (κ3) is 5.27.